The molecule has 0 aliphatic rings. The van der Waals surface area contributed by atoms with Crippen molar-refractivity contribution in [3.8, 4) is 0 Å². The summed E-state index contributed by atoms with van der Waals surface area (Å²) in [4.78, 5) is 10.1. The molecule has 0 bridgehead atoms. The van der Waals surface area contributed by atoms with Gasteiger partial charge in [-0.05, 0) is 5.56 Å². The lowest BCUT2D eigenvalue weighted by molar-refractivity contribution is -0.522. The van der Waals surface area contributed by atoms with Crippen LogP contribution in [0.25, 0.3) is 0 Å². The molecule has 81 valence electrons. The van der Waals surface area contributed by atoms with E-state index in [0.29, 0.717) is 5.56 Å². The molecule has 5 heteroatoms. The average molecular weight is 210 g/mol. The van der Waals surface area contributed by atoms with Crippen LogP contribution < -0.4 is 0 Å². The second-order valence-corrected chi connectivity index (χ2v) is 2.83. The van der Waals surface area contributed by atoms with Gasteiger partial charge in [-0.25, -0.2) is 0 Å². The van der Waals surface area contributed by atoms with Crippen LogP contribution in [0.1, 0.15) is 11.7 Å². The minimum absolute atomic E-state index is 0.316. The van der Waals surface area contributed by atoms with Crippen LogP contribution in [0.15, 0.2) is 30.3 Å². The summed E-state index contributed by atoms with van der Waals surface area (Å²) >= 11 is 0. The fourth-order valence-corrected chi connectivity index (χ4v) is 1.28. The zero-order valence-corrected chi connectivity index (χ0v) is 8.54. The van der Waals surface area contributed by atoms with Gasteiger partial charge in [0.25, 0.3) is 0 Å². The van der Waals surface area contributed by atoms with Crippen molar-refractivity contribution >= 4 is 0 Å². The van der Waals surface area contributed by atoms with E-state index in [4.69, 9.17) is 9.47 Å². The van der Waals surface area contributed by atoms with Crippen LogP contribution in [0.3, 0.4) is 0 Å². The highest BCUT2D eigenvalue weighted by molar-refractivity contribution is 5.20. The van der Waals surface area contributed by atoms with E-state index in [2.05, 4.69) is 0 Å². The lowest BCUT2D eigenvalue weighted by atomic mass is 10.1. The first-order valence-electron chi connectivity index (χ1n) is 4.33. The van der Waals surface area contributed by atoms with Crippen molar-refractivity contribution in [3.63, 3.8) is 0 Å². The van der Waals surface area contributed by atoms with Gasteiger partial charge in [0.1, 0.15) is 0 Å². The maximum absolute atomic E-state index is 10.7. The SMILES string of the molecule is CO[C](C(OC)c1ccccc1)[N+](=O)[O-]. The molecule has 5 nitrogen and oxygen atoms in total. The summed E-state index contributed by atoms with van der Waals surface area (Å²) in [5.74, 6) is 0. The summed E-state index contributed by atoms with van der Waals surface area (Å²) in [6.45, 7) is 0. The van der Waals surface area contributed by atoms with E-state index in [0.717, 1.165) is 0 Å². The average Bonchev–Trinajstić information content (AvgIpc) is 2.26. The molecule has 1 atom stereocenters. The molecule has 0 amide bonds. The van der Waals surface area contributed by atoms with Crippen molar-refractivity contribution < 1.29 is 14.4 Å². The smallest absolute Gasteiger partial charge is 0.366 e. The zero-order chi connectivity index (χ0) is 11.3. The third kappa shape index (κ3) is 2.74. The maximum Gasteiger partial charge on any atom is 0.454 e. The number of benzene rings is 1. The maximum atomic E-state index is 10.7. The normalized spacial score (nSPS) is 12.7. The third-order valence-corrected chi connectivity index (χ3v) is 1.95. The van der Waals surface area contributed by atoms with Crippen LogP contribution in [0.4, 0.5) is 0 Å². The predicted octanol–water partition coefficient (Wildman–Crippen LogP) is 1.79. The second-order valence-electron chi connectivity index (χ2n) is 2.83. The molecule has 1 rings (SSSR count). The molecular weight excluding hydrogens is 198 g/mol. The fourth-order valence-electron chi connectivity index (χ4n) is 1.28. The van der Waals surface area contributed by atoms with Crippen molar-refractivity contribution in [2.24, 2.45) is 0 Å². The first kappa shape index (κ1) is 11.6. The first-order valence-corrected chi connectivity index (χ1v) is 4.33. The summed E-state index contributed by atoms with van der Waals surface area (Å²) < 4.78 is 9.76. The van der Waals surface area contributed by atoms with Crippen LogP contribution in [0.2, 0.25) is 0 Å². The van der Waals surface area contributed by atoms with Crippen molar-refractivity contribution in [1.29, 1.82) is 0 Å². The van der Waals surface area contributed by atoms with Gasteiger partial charge in [0.15, 0.2) is 6.10 Å². The summed E-state index contributed by atoms with van der Waals surface area (Å²) in [5, 5.41) is 10.7. The van der Waals surface area contributed by atoms with E-state index in [1.165, 1.54) is 14.2 Å². The Bertz CT molecular complexity index is 314. The molecule has 15 heavy (non-hydrogen) atoms. The molecule has 0 spiro atoms. The topological polar surface area (TPSA) is 61.6 Å². The molecule has 0 fully saturated rings. The number of hydrogen-bond donors (Lipinski definition) is 0. The Hall–Kier alpha value is -1.46. The lowest BCUT2D eigenvalue weighted by Crippen LogP contribution is -2.22. The number of rotatable bonds is 5. The summed E-state index contributed by atoms with van der Waals surface area (Å²) in [7, 11) is 2.66. The molecule has 0 saturated carbocycles. The second kappa shape index (κ2) is 5.43. The monoisotopic (exact) mass is 210 g/mol. The van der Waals surface area contributed by atoms with Gasteiger partial charge < -0.3 is 9.47 Å². The van der Waals surface area contributed by atoms with Crippen molar-refractivity contribution in [2.75, 3.05) is 14.2 Å². The van der Waals surface area contributed by atoms with Gasteiger partial charge in [-0.15, -0.1) is 0 Å². The Morgan fingerprint density at radius 3 is 2.33 bits per heavy atom. The largest absolute Gasteiger partial charge is 0.454 e. The standard InChI is InChI=1S/C10H12NO4/c1-14-9(10(15-2)11(12)13)8-6-4-3-5-7-8/h3-7,9H,1-2H3. The summed E-state index contributed by atoms with van der Waals surface area (Å²) in [6.07, 6.45) is -1.09. The molecule has 0 aliphatic carbocycles. The number of nitro groups is 1. The summed E-state index contributed by atoms with van der Waals surface area (Å²) in [6, 6.07) is 8.89. The zero-order valence-electron chi connectivity index (χ0n) is 8.54. The van der Waals surface area contributed by atoms with Gasteiger partial charge in [0.2, 0.25) is 0 Å². The van der Waals surface area contributed by atoms with E-state index in [1.54, 1.807) is 24.3 Å². The molecule has 0 aliphatic heterocycles. The lowest BCUT2D eigenvalue weighted by Gasteiger charge is -2.15. The highest BCUT2D eigenvalue weighted by Crippen LogP contribution is 2.27. The number of hydrogen-bond acceptors (Lipinski definition) is 4. The van der Waals surface area contributed by atoms with Gasteiger partial charge >= 0.3 is 6.23 Å². The minimum atomic E-state index is -0.772. The Kier molecular flexibility index (Phi) is 4.20. The van der Waals surface area contributed by atoms with Gasteiger partial charge in [-0.1, -0.05) is 30.3 Å². The number of nitrogens with zero attached hydrogens (tertiary/aromatic N) is 1. The first-order chi connectivity index (χ1) is 7.20. The Morgan fingerprint density at radius 2 is 1.93 bits per heavy atom. The van der Waals surface area contributed by atoms with Gasteiger partial charge in [0, 0.05) is 14.2 Å². The van der Waals surface area contributed by atoms with Crippen molar-refractivity contribution in [3.05, 3.63) is 52.2 Å². The van der Waals surface area contributed by atoms with Gasteiger partial charge in [-0.2, -0.15) is 0 Å². The number of methoxy groups -OCH3 is 2. The predicted molar refractivity (Wildman–Crippen MR) is 53.4 cm³/mol. The molecule has 0 saturated heterocycles. The van der Waals surface area contributed by atoms with Crippen molar-refractivity contribution in [1.82, 2.24) is 0 Å². The van der Waals surface area contributed by atoms with E-state index in [-0.39, 0.29) is 6.23 Å². The van der Waals surface area contributed by atoms with E-state index < -0.39 is 11.0 Å². The molecule has 0 aromatic heterocycles. The van der Waals surface area contributed by atoms with Crippen molar-refractivity contribution in [2.45, 2.75) is 6.10 Å². The Balaban J connectivity index is 2.92. The Morgan fingerprint density at radius 1 is 1.33 bits per heavy atom. The highest BCUT2D eigenvalue weighted by atomic mass is 16.7. The molecule has 1 unspecified atom stereocenters. The molecule has 0 heterocycles. The van der Waals surface area contributed by atoms with E-state index in [9.17, 15) is 10.1 Å². The van der Waals surface area contributed by atoms with E-state index in [1.807, 2.05) is 6.07 Å². The highest BCUT2D eigenvalue weighted by Gasteiger charge is 2.36. The van der Waals surface area contributed by atoms with Crippen LogP contribution in [0.5, 0.6) is 0 Å². The van der Waals surface area contributed by atoms with Crippen LogP contribution in [0, 0.1) is 16.3 Å². The van der Waals surface area contributed by atoms with Gasteiger partial charge in [0.05, 0.1) is 4.92 Å². The minimum Gasteiger partial charge on any atom is -0.366 e. The molecule has 1 aromatic carbocycles. The third-order valence-electron chi connectivity index (χ3n) is 1.95. The van der Waals surface area contributed by atoms with Crippen LogP contribution in [-0.4, -0.2) is 19.1 Å². The Labute approximate surface area is 87.8 Å². The molecule has 1 aromatic rings. The van der Waals surface area contributed by atoms with Crippen LogP contribution >= 0.6 is 0 Å². The van der Waals surface area contributed by atoms with Gasteiger partial charge in [-0.3, -0.25) is 10.1 Å². The fraction of sp³-hybridized carbons (Fsp3) is 0.300. The molecule has 0 N–H and O–H groups in total. The van der Waals surface area contributed by atoms with Crippen LogP contribution in [-0.2, 0) is 9.47 Å². The van der Waals surface area contributed by atoms with E-state index >= 15 is 0 Å². The molecular formula is C10H12NO4. The molecule has 1 radical (unpaired) electrons. The summed E-state index contributed by atoms with van der Waals surface area (Å²) in [5.41, 5.74) is 0.688. The number of ether oxygens (including phenoxy) is 2. The quantitative estimate of drug-likeness (QED) is 0.549.